The standard InChI is InChI=1S/C12H17N3O3S/c1-13-5-8-3-2-4-15(7-8)11(16)9-6-14-10(19-9)12(17)18/h6,8,13H,2-5,7H2,1H3,(H,17,18). The van der Waals surface area contributed by atoms with Gasteiger partial charge in [-0.05, 0) is 32.4 Å². The summed E-state index contributed by atoms with van der Waals surface area (Å²) in [6.45, 7) is 2.35. The number of hydrogen-bond acceptors (Lipinski definition) is 5. The first-order valence-electron chi connectivity index (χ1n) is 6.24. The van der Waals surface area contributed by atoms with Crippen LogP contribution in [0.5, 0.6) is 0 Å². The molecule has 6 nitrogen and oxygen atoms in total. The second kappa shape index (κ2) is 6.12. The van der Waals surface area contributed by atoms with Crippen LogP contribution in [0.4, 0.5) is 0 Å². The number of piperidine rings is 1. The van der Waals surface area contributed by atoms with Crippen LogP contribution >= 0.6 is 11.3 Å². The molecule has 1 amide bonds. The van der Waals surface area contributed by atoms with E-state index in [9.17, 15) is 9.59 Å². The Balaban J connectivity index is 2.03. The van der Waals surface area contributed by atoms with Crippen molar-refractivity contribution in [2.24, 2.45) is 5.92 Å². The largest absolute Gasteiger partial charge is 0.476 e. The molecule has 7 heteroatoms. The molecule has 104 valence electrons. The smallest absolute Gasteiger partial charge is 0.365 e. The van der Waals surface area contributed by atoms with Crippen LogP contribution in [0.15, 0.2) is 6.20 Å². The molecular weight excluding hydrogens is 266 g/mol. The Morgan fingerprint density at radius 2 is 2.42 bits per heavy atom. The molecular formula is C12H17N3O3S. The van der Waals surface area contributed by atoms with Crippen LogP contribution in [0, 0.1) is 5.92 Å². The third-order valence-electron chi connectivity index (χ3n) is 3.20. The van der Waals surface area contributed by atoms with Crippen molar-refractivity contribution < 1.29 is 14.7 Å². The molecule has 1 aliphatic heterocycles. The molecule has 0 aromatic carbocycles. The van der Waals surface area contributed by atoms with Gasteiger partial charge in [0.1, 0.15) is 4.88 Å². The van der Waals surface area contributed by atoms with Gasteiger partial charge in [-0.1, -0.05) is 0 Å². The van der Waals surface area contributed by atoms with Gasteiger partial charge in [-0.2, -0.15) is 0 Å². The molecule has 1 aliphatic rings. The number of carboxylic acid groups (broad SMARTS) is 1. The maximum atomic E-state index is 12.3. The molecule has 1 aromatic rings. The first-order chi connectivity index (χ1) is 9.11. The van der Waals surface area contributed by atoms with Crippen molar-refractivity contribution in [1.82, 2.24) is 15.2 Å². The number of likely N-dealkylation sites (tertiary alicyclic amines) is 1. The van der Waals surface area contributed by atoms with Gasteiger partial charge in [0.05, 0.1) is 6.20 Å². The van der Waals surface area contributed by atoms with E-state index >= 15 is 0 Å². The Bertz CT molecular complexity index is 473. The van der Waals surface area contributed by atoms with Gasteiger partial charge in [0, 0.05) is 13.1 Å². The number of nitrogens with one attached hydrogen (secondary N) is 1. The topological polar surface area (TPSA) is 82.5 Å². The lowest BCUT2D eigenvalue weighted by molar-refractivity contribution is 0.0676. The molecule has 0 aliphatic carbocycles. The predicted molar refractivity (Wildman–Crippen MR) is 71.6 cm³/mol. The number of nitrogens with zero attached hydrogens (tertiary/aromatic N) is 2. The van der Waals surface area contributed by atoms with Crippen LogP contribution in [-0.4, -0.2) is 53.5 Å². The third-order valence-corrected chi connectivity index (χ3v) is 4.17. The molecule has 2 rings (SSSR count). The number of rotatable bonds is 4. The van der Waals surface area contributed by atoms with Crippen molar-refractivity contribution in [2.75, 3.05) is 26.7 Å². The van der Waals surface area contributed by atoms with E-state index < -0.39 is 5.97 Å². The SMILES string of the molecule is CNCC1CCCN(C(=O)c2cnc(C(=O)O)s2)C1. The molecule has 0 spiro atoms. The van der Waals surface area contributed by atoms with Gasteiger partial charge in [0.25, 0.3) is 5.91 Å². The van der Waals surface area contributed by atoms with Gasteiger partial charge >= 0.3 is 5.97 Å². The number of carbonyl (C=O) groups excluding carboxylic acids is 1. The average molecular weight is 283 g/mol. The van der Waals surface area contributed by atoms with E-state index in [1.54, 1.807) is 4.90 Å². The third kappa shape index (κ3) is 3.30. The van der Waals surface area contributed by atoms with E-state index in [1.807, 2.05) is 7.05 Å². The van der Waals surface area contributed by atoms with Crippen molar-refractivity contribution in [2.45, 2.75) is 12.8 Å². The predicted octanol–water partition coefficient (Wildman–Crippen LogP) is 0.913. The molecule has 0 radical (unpaired) electrons. The van der Waals surface area contributed by atoms with Gasteiger partial charge in [0.2, 0.25) is 5.01 Å². The fourth-order valence-corrected chi connectivity index (χ4v) is 3.06. The van der Waals surface area contributed by atoms with Gasteiger partial charge in [0.15, 0.2) is 0 Å². The second-order valence-corrected chi connectivity index (χ2v) is 5.68. The summed E-state index contributed by atoms with van der Waals surface area (Å²) in [5.74, 6) is -0.726. The molecule has 19 heavy (non-hydrogen) atoms. The van der Waals surface area contributed by atoms with E-state index in [1.165, 1.54) is 6.20 Å². The van der Waals surface area contributed by atoms with E-state index in [2.05, 4.69) is 10.3 Å². The average Bonchev–Trinajstić information content (AvgIpc) is 2.88. The van der Waals surface area contributed by atoms with Crippen LogP contribution in [0.3, 0.4) is 0 Å². The number of carboxylic acids is 1. The number of hydrogen-bond donors (Lipinski definition) is 2. The van der Waals surface area contributed by atoms with Crippen molar-refractivity contribution in [1.29, 1.82) is 0 Å². The van der Waals surface area contributed by atoms with E-state index in [-0.39, 0.29) is 10.9 Å². The normalized spacial score (nSPS) is 19.4. The van der Waals surface area contributed by atoms with Gasteiger partial charge in [-0.15, -0.1) is 11.3 Å². The zero-order valence-corrected chi connectivity index (χ0v) is 11.6. The van der Waals surface area contributed by atoms with Crippen molar-refractivity contribution in [3.05, 3.63) is 16.1 Å². The summed E-state index contributed by atoms with van der Waals surface area (Å²) in [6.07, 6.45) is 3.47. The highest BCUT2D eigenvalue weighted by Crippen LogP contribution is 2.21. The lowest BCUT2D eigenvalue weighted by atomic mass is 9.98. The van der Waals surface area contributed by atoms with Gasteiger partial charge in [-0.3, -0.25) is 4.79 Å². The zero-order chi connectivity index (χ0) is 13.8. The van der Waals surface area contributed by atoms with E-state index in [4.69, 9.17) is 5.11 Å². The molecule has 1 unspecified atom stereocenters. The van der Waals surface area contributed by atoms with Crippen molar-refractivity contribution in [3.8, 4) is 0 Å². The summed E-state index contributed by atoms with van der Waals surface area (Å²) >= 11 is 0.940. The van der Waals surface area contributed by atoms with Crippen LogP contribution in [0.1, 0.15) is 32.3 Å². The van der Waals surface area contributed by atoms with Crippen LogP contribution in [-0.2, 0) is 0 Å². The Kier molecular flexibility index (Phi) is 4.49. The lowest BCUT2D eigenvalue weighted by Gasteiger charge is -2.32. The molecule has 1 aromatic heterocycles. The van der Waals surface area contributed by atoms with Crippen LogP contribution in [0.25, 0.3) is 0 Å². The number of carbonyl (C=O) groups is 2. The quantitative estimate of drug-likeness (QED) is 0.858. The van der Waals surface area contributed by atoms with Crippen LogP contribution < -0.4 is 5.32 Å². The molecule has 2 heterocycles. The molecule has 0 saturated carbocycles. The van der Waals surface area contributed by atoms with Gasteiger partial charge in [-0.25, -0.2) is 9.78 Å². The summed E-state index contributed by atoms with van der Waals surface area (Å²) in [5, 5.41) is 11.9. The Morgan fingerprint density at radius 3 is 3.05 bits per heavy atom. The minimum absolute atomic E-state index is 0.0351. The molecule has 1 fully saturated rings. The number of aromatic carboxylic acids is 1. The first-order valence-corrected chi connectivity index (χ1v) is 7.06. The highest BCUT2D eigenvalue weighted by molar-refractivity contribution is 7.15. The molecule has 1 atom stereocenters. The summed E-state index contributed by atoms with van der Waals surface area (Å²) in [7, 11) is 1.91. The summed E-state index contributed by atoms with van der Waals surface area (Å²) in [4.78, 5) is 29.0. The van der Waals surface area contributed by atoms with Crippen LogP contribution in [0.2, 0.25) is 0 Å². The Labute approximate surface area is 115 Å². The minimum Gasteiger partial charge on any atom is -0.476 e. The number of thiazole rings is 1. The monoisotopic (exact) mass is 283 g/mol. The van der Waals surface area contributed by atoms with Crippen molar-refractivity contribution in [3.63, 3.8) is 0 Å². The number of aromatic nitrogens is 1. The summed E-state index contributed by atoms with van der Waals surface area (Å²) in [6, 6.07) is 0. The first kappa shape index (κ1) is 14.0. The molecule has 0 bridgehead atoms. The van der Waals surface area contributed by atoms with Gasteiger partial charge < -0.3 is 15.3 Å². The maximum Gasteiger partial charge on any atom is 0.365 e. The van der Waals surface area contributed by atoms with E-state index in [0.717, 1.165) is 43.8 Å². The summed E-state index contributed by atoms with van der Waals surface area (Å²) < 4.78 is 0. The zero-order valence-electron chi connectivity index (χ0n) is 10.8. The Hall–Kier alpha value is -1.47. The lowest BCUT2D eigenvalue weighted by Crippen LogP contribution is -2.42. The molecule has 2 N–H and O–H groups in total. The number of amides is 1. The highest BCUT2D eigenvalue weighted by Gasteiger charge is 2.25. The fourth-order valence-electron chi connectivity index (χ4n) is 2.33. The second-order valence-electron chi connectivity index (χ2n) is 4.65. The van der Waals surface area contributed by atoms with Crippen molar-refractivity contribution >= 4 is 23.2 Å². The minimum atomic E-state index is -1.09. The summed E-state index contributed by atoms with van der Waals surface area (Å²) in [5.41, 5.74) is 0. The fraction of sp³-hybridized carbons (Fsp3) is 0.583. The maximum absolute atomic E-state index is 12.3. The van der Waals surface area contributed by atoms with E-state index in [0.29, 0.717) is 10.8 Å². The highest BCUT2D eigenvalue weighted by atomic mass is 32.1. The Morgan fingerprint density at radius 1 is 1.63 bits per heavy atom. The molecule has 1 saturated heterocycles.